The van der Waals surface area contributed by atoms with E-state index in [4.69, 9.17) is 0 Å². The van der Waals surface area contributed by atoms with Crippen LogP contribution in [0.5, 0.6) is 0 Å². The number of hydrogen-bond acceptors (Lipinski definition) is 4. The van der Waals surface area contributed by atoms with Crippen LogP contribution in [-0.2, 0) is 19.5 Å². The molecule has 5 heteroatoms. The molecule has 1 aromatic carbocycles. The average Bonchev–Trinajstić information content (AvgIpc) is 3.06. The van der Waals surface area contributed by atoms with E-state index in [1.165, 1.54) is 11.1 Å². The van der Waals surface area contributed by atoms with E-state index in [1.54, 1.807) is 6.20 Å². The molecule has 0 unspecified atom stereocenters. The zero-order chi connectivity index (χ0) is 16.1. The quantitative estimate of drug-likeness (QED) is 0.808. The first-order valence-electron chi connectivity index (χ1n) is 8.38. The molecule has 0 saturated carbocycles. The summed E-state index contributed by atoms with van der Waals surface area (Å²) in [6.45, 7) is 6.23. The molecule has 3 rings (SSSR count). The van der Waals surface area contributed by atoms with Crippen LogP contribution in [0.25, 0.3) is 0 Å². The summed E-state index contributed by atoms with van der Waals surface area (Å²) in [6.07, 6.45) is 4.47. The first-order chi connectivity index (χ1) is 11.2. The number of benzene rings is 1. The van der Waals surface area contributed by atoms with Gasteiger partial charge in [-0.2, -0.15) is 5.10 Å². The second kappa shape index (κ2) is 7.73. The van der Waals surface area contributed by atoms with Gasteiger partial charge in [-0.3, -0.25) is 9.58 Å². The van der Waals surface area contributed by atoms with Crippen LogP contribution in [0.15, 0.2) is 42.7 Å². The Kier molecular flexibility index (Phi) is 5.43. The van der Waals surface area contributed by atoms with Gasteiger partial charge in [-0.05, 0) is 30.5 Å². The summed E-state index contributed by atoms with van der Waals surface area (Å²) in [6, 6.07) is 10.8. The van der Waals surface area contributed by atoms with Gasteiger partial charge in [0.05, 0.1) is 12.6 Å². The van der Waals surface area contributed by atoms with Gasteiger partial charge in [-0.25, -0.2) is 0 Å². The van der Waals surface area contributed by atoms with Crippen molar-refractivity contribution in [3.63, 3.8) is 0 Å². The molecule has 1 aliphatic heterocycles. The second-order valence-electron chi connectivity index (χ2n) is 6.45. The summed E-state index contributed by atoms with van der Waals surface area (Å²) in [5.41, 5.74) is 2.84. The fraction of sp³-hybridized carbons (Fsp3) is 0.500. The molecule has 2 aromatic rings. The smallest absolute Gasteiger partial charge is 0.0791 e. The van der Waals surface area contributed by atoms with E-state index in [9.17, 15) is 5.11 Å². The summed E-state index contributed by atoms with van der Waals surface area (Å²) in [7, 11) is 0. The number of aromatic nitrogens is 2. The summed E-state index contributed by atoms with van der Waals surface area (Å²) in [4.78, 5) is 2.34. The average molecular weight is 314 g/mol. The van der Waals surface area contributed by atoms with E-state index in [2.05, 4.69) is 46.5 Å². The zero-order valence-electron chi connectivity index (χ0n) is 13.7. The molecule has 2 N–H and O–H groups in total. The molecular weight excluding hydrogens is 288 g/mol. The zero-order valence-corrected chi connectivity index (χ0v) is 13.7. The van der Waals surface area contributed by atoms with Crippen LogP contribution in [0.3, 0.4) is 0 Å². The van der Waals surface area contributed by atoms with Crippen LogP contribution < -0.4 is 5.32 Å². The van der Waals surface area contributed by atoms with Gasteiger partial charge in [0, 0.05) is 44.6 Å². The molecule has 2 atom stereocenters. The van der Waals surface area contributed by atoms with Crippen molar-refractivity contribution < 1.29 is 5.11 Å². The Balaban J connectivity index is 1.40. The second-order valence-corrected chi connectivity index (χ2v) is 6.45. The Labute approximate surface area is 137 Å². The highest BCUT2D eigenvalue weighted by Gasteiger charge is 2.18. The van der Waals surface area contributed by atoms with Crippen molar-refractivity contribution in [1.82, 2.24) is 20.0 Å². The van der Waals surface area contributed by atoms with Crippen molar-refractivity contribution >= 4 is 0 Å². The first kappa shape index (κ1) is 16.2. The fourth-order valence-corrected chi connectivity index (χ4v) is 3.16. The lowest BCUT2D eigenvalue weighted by Crippen LogP contribution is -2.43. The number of β-amino-alcohol motifs (C(OH)–C–C–N with tert-alkyl or cyclic N) is 1. The maximum absolute atomic E-state index is 10.3. The third-order valence-corrected chi connectivity index (χ3v) is 4.40. The van der Waals surface area contributed by atoms with Gasteiger partial charge in [-0.15, -0.1) is 0 Å². The standard InChI is InChI=1S/C18H26N4O/c1-15(12-22-9-4-8-20-22)19-11-18(23)14-21-10-7-16-5-2-3-6-17(16)13-21/h2-6,8-9,15,18-19,23H,7,10-14H2,1H3/t15-,18+/m1/s1. The van der Waals surface area contributed by atoms with E-state index >= 15 is 0 Å². The van der Waals surface area contributed by atoms with E-state index in [-0.39, 0.29) is 12.1 Å². The molecule has 0 bridgehead atoms. The molecule has 5 nitrogen and oxygen atoms in total. The van der Waals surface area contributed by atoms with Crippen LogP contribution in [0, 0.1) is 0 Å². The molecule has 0 aliphatic carbocycles. The number of rotatable bonds is 7. The summed E-state index contributed by atoms with van der Waals surface area (Å²) in [5, 5.41) is 17.9. The Morgan fingerprint density at radius 3 is 2.83 bits per heavy atom. The van der Waals surface area contributed by atoms with Crippen molar-refractivity contribution in [2.75, 3.05) is 19.6 Å². The number of aliphatic hydroxyl groups excluding tert-OH is 1. The number of hydrogen-bond donors (Lipinski definition) is 2. The Morgan fingerprint density at radius 1 is 1.22 bits per heavy atom. The van der Waals surface area contributed by atoms with Gasteiger partial charge in [-0.1, -0.05) is 24.3 Å². The maximum Gasteiger partial charge on any atom is 0.0791 e. The molecule has 0 saturated heterocycles. The van der Waals surface area contributed by atoms with Crippen LogP contribution in [0.4, 0.5) is 0 Å². The van der Waals surface area contributed by atoms with Crippen molar-refractivity contribution in [2.45, 2.75) is 38.6 Å². The van der Waals surface area contributed by atoms with E-state index < -0.39 is 0 Å². The monoisotopic (exact) mass is 314 g/mol. The molecular formula is C18H26N4O. The van der Waals surface area contributed by atoms with Crippen molar-refractivity contribution in [3.05, 3.63) is 53.9 Å². The van der Waals surface area contributed by atoms with Gasteiger partial charge in [0.25, 0.3) is 0 Å². The van der Waals surface area contributed by atoms with Crippen LogP contribution in [-0.4, -0.2) is 51.6 Å². The summed E-state index contributed by atoms with van der Waals surface area (Å²) >= 11 is 0. The van der Waals surface area contributed by atoms with Crippen molar-refractivity contribution in [3.8, 4) is 0 Å². The summed E-state index contributed by atoms with van der Waals surface area (Å²) in [5.74, 6) is 0. The SMILES string of the molecule is C[C@H](Cn1cccn1)NC[C@H](O)CN1CCc2ccccc2C1. The largest absolute Gasteiger partial charge is 0.390 e. The first-order valence-corrected chi connectivity index (χ1v) is 8.38. The molecule has 23 heavy (non-hydrogen) atoms. The highest BCUT2D eigenvalue weighted by molar-refractivity contribution is 5.29. The number of fused-ring (bicyclic) bond motifs is 1. The number of nitrogens with one attached hydrogen (secondary N) is 1. The van der Waals surface area contributed by atoms with Crippen LogP contribution in [0.2, 0.25) is 0 Å². The van der Waals surface area contributed by atoms with E-state index in [0.717, 1.165) is 32.6 Å². The van der Waals surface area contributed by atoms with Gasteiger partial charge >= 0.3 is 0 Å². The van der Waals surface area contributed by atoms with Gasteiger partial charge in [0.15, 0.2) is 0 Å². The third-order valence-electron chi connectivity index (χ3n) is 4.40. The number of nitrogens with zero attached hydrogens (tertiary/aromatic N) is 3. The third kappa shape index (κ3) is 4.64. The van der Waals surface area contributed by atoms with Crippen molar-refractivity contribution in [1.29, 1.82) is 0 Å². The molecule has 1 aliphatic rings. The van der Waals surface area contributed by atoms with Crippen molar-refractivity contribution in [2.24, 2.45) is 0 Å². The molecule has 1 aromatic heterocycles. The van der Waals surface area contributed by atoms with E-state index in [0.29, 0.717) is 6.54 Å². The predicted octanol–water partition coefficient (Wildman–Crippen LogP) is 1.28. The Bertz CT molecular complexity index is 599. The summed E-state index contributed by atoms with van der Waals surface area (Å²) < 4.78 is 1.91. The molecule has 124 valence electrons. The molecule has 0 fully saturated rings. The lowest BCUT2D eigenvalue weighted by Gasteiger charge is -2.30. The molecule has 0 radical (unpaired) electrons. The highest BCUT2D eigenvalue weighted by atomic mass is 16.3. The number of aliphatic hydroxyl groups is 1. The maximum atomic E-state index is 10.3. The minimum Gasteiger partial charge on any atom is -0.390 e. The van der Waals surface area contributed by atoms with Crippen LogP contribution >= 0.6 is 0 Å². The minimum absolute atomic E-state index is 0.284. The highest BCUT2D eigenvalue weighted by Crippen LogP contribution is 2.18. The van der Waals surface area contributed by atoms with Gasteiger partial charge < -0.3 is 10.4 Å². The lowest BCUT2D eigenvalue weighted by molar-refractivity contribution is 0.102. The predicted molar refractivity (Wildman–Crippen MR) is 91.1 cm³/mol. The normalized spacial score (nSPS) is 17.7. The minimum atomic E-state index is -0.347. The molecule has 0 spiro atoms. The fourth-order valence-electron chi connectivity index (χ4n) is 3.16. The van der Waals surface area contributed by atoms with Gasteiger partial charge in [0.1, 0.15) is 0 Å². The topological polar surface area (TPSA) is 53.3 Å². The Morgan fingerprint density at radius 2 is 2.04 bits per heavy atom. The Hall–Kier alpha value is -1.69. The molecule has 2 heterocycles. The van der Waals surface area contributed by atoms with Crippen LogP contribution in [0.1, 0.15) is 18.1 Å². The van der Waals surface area contributed by atoms with Gasteiger partial charge in [0.2, 0.25) is 0 Å². The molecule has 0 amide bonds. The van der Waals surface area contributed by atoms with E-state index in [1.807, 2.05) is 16.9 Å². The lowest BCUT2D eigenvalue weighted by atomic mass is 10.00.